The number of nitriles is 1. The molecule has 3 aromatic rings. The summed E-state index contributed by atoms with van der Waals surface area (Å²) in [4.78, 5) is 22.7. The van der Waals surface area contributed by atoms with Crippen LogP contribution in [-0.4, -0.2) is 10.8 Å². The molecule has 0 atom stereocenters. The first-order valence-corrected chi connectivity index (χ1v) is 9.89. The van der Waals surface area contributed by atoms with Gasteiger partial charge in [0.2, 0.25) is 0 Å². The molecule has 0 fully saturated rings. The molecule has 0 aliphatic carbocycles. The molecule has 3 rings (SSSR count). The highest BCUT2D eigenvalue weighted by atomic mass is 35.5. The first-order chi connectivity index (χ1) is 15.4. The Kier molecular flexibility index (Phi) is 7.21. The number of ether oxygens (including phenoxy) is 1. The van der Waals surface area contributed by atoms with E-state index in [9.17, 15) is 20.2 Å². The average Bonchev–Trinajstić information content (AvgIpc) is 2.79. The number of carbonyl (C=O) groups is 1. The number of nitro benzene ring substituents is 1. The van der Waals surface area contributed by atoms with Crippen LogP contribution in [0.5, 0.6) is 5.75 Å². The third-order valence-corrected chi connectivity index (χ3v) is 4.95. The Morgan fingerprint density at radius 3 is 2.44 bits per heavy atom. The smallest absolute Gasteiger partial charge is 0.269 e. The minimum absolute atomic E-state index is 0.0210. The van der Waals surface area contributed by atoms with E-state index in [1.807, 2.05) is 13.0 Å². The number of nitrogens with zero attached hydrogens (tertiary/aromatic N) is 2. The average molecular weight is 448 g/mol. The highest BCUT2D eigenvalue weighted by molar-refractivity contribution is 6.31. The zero-order valence-electron chi connectivity index (χ0n) is 17.0. The highest BCUT2D eigenvalue weighted by Crippen LogP contribution is 2.21. The topological polar surface area (TPSA) is 105 Å². The van der Waals surface area contributed by atoms with Gasteiger partial charge in [0.1, 0.15) is 24.0 Å². The lowest BCUT2D eigenvalue weighted by atomic mass is 10.1. The van der Waals surface area contributed by atoms with Crippen LogP contribution in [0.2, 0.25) is 5.02 Å². The molecule has 1 amide bonds. The summed E-state index contributed by atoms with van der Waals surface area (Å²) in [6, 6.07) is 20.0. The van der Waals surface area contributed by atoms with E-state index in [2.05, 4.69) is 5.32 Å². The molecule has 0 aromatic heterocycles. The van der Waals surface area contributed by atoms with Crippen LogP contribution >= 0.6 is 11.6 Å². The lowest BCUT2D eigenvalue weighted by Gasteiger charge is -2.07. The molecule has 0 heterocycles. The fourth-order valence-electron chi connectivity index (χ4n) is 2.73. The Hall–Kier alpha value is -4.15. The van der Waals surface area contributed by atoms with Crippen molar-refractivity contribution in [3.8, 4) is 11.8 Å². The molecule has 32 heavy (non-hydrogen) atoms. The quantitative estimate of drug-likeness (QED) is 0.217. The monoisotopic (exact) mass is 447 g/mol. The van der Waals surface area contributed by atoms with E-state index in [4.69, 9.17) is 16.3 Å². The second kappa shape index (κ2) is 10.2. The SMILES string of the molecule is Cc1ccc(NC(=O)/C(C#N)=C/c2ccc(OCc3ccc([N+](=O)[O-])cc3)cc2)cc1Cl. The van der Waals surface area contributed by atoms with Crippen LogP contribution in [0.15, 0.2) is 72.3 Å². The molecule has 0 unspecified atom stereocenters. The van der Waals surface area contributed by atoms with Gasteiger partial charge in [-0.2, -0.15) is 5.26 Å². The van der Waals surface area contributed by atoms with Gasteiger partial charge >= 0.3 is 0 Å². The van der Waals surface area contributed by atoms with E-state index in [-0.39, 0.29) is 17.9 Å². The fraction of sp³-hybridized carbons (Fsp3) is 0.0833. The van der Waals surface area contributed by atoms with Crippen LogP contribution < -0.4 is 10.1 Å². The molecule has 0 aliphatic rings. The number of nitro groups is 1. The predicted molar refractivity (Wildman–Crippen MR) is 122 cm³/mol. The van der Waals surface area contributed by atoms with Crippen molar-refractivity contribution in [2.75, 3.05) is 5.32 Å². The number of non-ortho nitro benzene ring substituents is 1. The van der Waals surface area contributed by atoms with Gasteiger partial charge in [-0.3, -0.25) is 14.9 Å². The van der Waals surface area contributed by atoms with Gasteiger partial charge in [0.25, 0.3) is 11.6 Å². The second-order valence-corrected chi connectivity index (χ2v) is 7.28. The minimum atomic E-state index is -0.536. The number of aryl methyl sites for hydroxylation is 1. The molecular weight excluding hydrogens is 430 g/mol. The van der Waals surface area contributed by atoms with E-state index in [0.29, 0.717) is 22.0 Å². The number of benzene rings is 3. The van der Waals surface area contributed by atoms with Gasteiger partial charge in [-0.1, -0.05) is 29.8 Å². The number of nitrogens with one attached hydrogen (secondary N) is 1. The zero-order chi connectivity index (χ0) is 23.1. The van der Waals surface area contributed by atoms with E-state index in [0.717, 1.165) is 11.1 Å². The van der Waals surface area contributed by atoms with Gasteiger partial charge in [0.15, 0.2) is 0 Å². The maximum absolute atomic E-state index is 12.4. The summed E-state index contributed by atoms with van der Waals surface area (Å²) < 4.78 is 5.68. The molecule has 7 nitrogen and oxygen atoms in total. The summed E-state index contributed by atoms with van der Waals surface area (Å²) in [5.41, 5.74) is 2.80. The largest absolute Gasteiger partial charge is 0.489 e. The van der Waals surface area contributed by atoms with Crippen molar-refractivity contribution < 1.29 is 14.5 Å². The molecule has 1 N–H and O–H groups in total. The van der Waals surface area contributed by atoms with Crippen LogP contribution in [0, 0.1) is 28.4 Å². The number of carbonyl (C=O) groups excluding carboxylic acids is 1. The van der Waals surface area contributed by atoms with Crippen molar-refractivity contribution in [1.29, 1.82) is 5.26 Å². The maximum Gasteiger partial charge on any atom is 0.269 e. The maximum atomic E-state index is 12.4. The van der Waals surface area contributed by atoms with Gasteiger partial charge in [0.05, 0.1) is 4.92 Å². The predicted octanol–water partition coefficient (Wildman–Crippen LogP) is 5.68. The number of hydrogen-bond donors (Lipinski definition) is 1. The second-order valence-electron chi connectivity index (χ2n) is 6.87. The molecule has 8 heteroatoms. The summed E-state index contributed by atoms with van der Waals surface area (Å²) >= 11 is 6.07. The van der Waals surface area contributed by atoms with Crippen molar-refractivity contribution in [1.82, 2.24) is 0 Å². The number of anilines is 1. The van der Waals surface area contributed by atoms with Crippen LogP contribution in [0.25, 0.3) is 6.08 Å². The summed E-state index contributed by atoms with van der Waals surface area (Å²) in [5, 5.41) is 23.3. The summed E-state index contributed by atoms with van der Waals surface area (Å²) in [7, 11) is 0. The van der Waals surface area contributed by atoms with Crippen molar-refractivity contribution in [2.24, 2.45) is 0 Å². The first-order valence-electron chi connectivity index (χ1n) is 9.51. The Labute approximate surface area is 189 Å². The van der Waals surface area contributed by atoms with Crippen LogP contribution in [0.4, 0.5) is 11.4 Å². The molecule has 0 aliphatic heterocycles. The molecule has 3 aromatic carbocycles. The first kappa shape index (κ1) is 22.5. The summed E-state index contributed by atoms with van der Waals surface area (Å²) in [6.45, 7) is 2.10. The van der Waals surface area contributed by atoms with Gasteiger partial charge < -0.3 is 10.1 Å². The number of halogens is 1. The summed E-state index contributed by atoms with van der Waals surface area (Å²) in [6.07, 6.45) is 1.48. The van der Waals surface area contributed by atoms with Gasteiger partial charge in [-0.05, 0) is 66.1 Å². The third-order valence-electron chi connectivity index (χ3n) is 4.54. The van der Waals surface area contributed by atoms with E-state index >= 15 is 0 Å². The van der Waals surface area contributed by atoms with Crippen molar-refractivity contribution >= 4 is 35.0 Å². The molecule has 0 radical (unpaired) electrons. The standard InChI is InChI=1S/C24H18ClN3O4/c1-16-2-7-20(13-23(16)25)27-24(29)19(14-26)12-17-5-10-22(11-6-17)32-15-18-3-8-21(9-4-18)28(30)31/h2-13H,15H2,1H3,(H,27,29)/b19-12+. The molecular formula is C24H18ClN3O4. The molecule has 0 saturated heterocycles. The van der Waals surface area contributed by atoms with Gasteiger partial charge in [-0.15, -0.1) is 0 Å². The Morgan fingerprint density at radius 2 is 1.84 bits per heavy atom. The van der Waals surface area contributed by atoms with Crippen molar-refractivity contribution in [3.63, 3.8) is 0 Å². The van der Waals surface area contributed by atoms with E-state index < -0.39 is 10.8 Å². The number of amides is 1. The summed E-state index contributed by atoms with van der Waals surface area (Å²) in [5.74, 6) is 0.0451. The zero-order valence-corrected chi connectivity index (χ0v) is 17.8. The van der Waals surface area contributed by atoms with Crippen molar-refractivity contribution in [2.45, 2.75) is 13.5 Å². The van der Waals surface area contributed by atoms with E-state index in [1.165, 1.54) is 18.2 Å². The van der Waals surface area contributed by atoms with Gasteiger partial charge in [-0.25, -0.2) is 0 Å². The number of rotatable bonds is 7. The highest BCUT2D eigenvalue weighted by Gasteiger charge is 2.10. The molecule has 0 saturated carbocycles. The Bertz CT molecular complexity index is 1210. The molecule has 0 spiro atoms. The normalized spacial score (nSPS) is 10.8. The van der Waals surface area contributed by atoms with Crippen LogP contribution in [0.3, 0.4) is 0 Å². The molecule has 160 valence electrons. The third kappa shape index (κ3) is 5.94. The van der Waals surface area contributed by atoms with Crippen LogP contribution in [0.1, 0.15) is 16.7 Å². The van der Waals surface area contributed by atoms with E-state index in [1.54, 1.807) is 54.6 Å². The molecule has 0 bridgehead atoms. The lowest BCUT2D eigenvalue weighted by Crippen LogP contribution is -2.13. The number of hydrogen-bond acceptors (Lipinski definition) is 5. The minimum Gasteiger partial charge on any atom is -0.489 e. The lowest BCUT2D eigenvalue weighted by molar-refractivity contribution is -0.384. The fourth-order valence-corrected chi connectivity index (χ4v) is 2.91. The van der Waals surface area contributed by atoms with Crippen molar-refractivity contribution in [3.05, 3.63) is 104 Å². The Balaban J connectivity index is 1.63. The van der Waals surface area contributed by atoms with Gasteiger partial charge in [0, 0.05) is 22.8 Å². The van der Waals surface area contributed by atoms with Crippen LogP contribution in [-0.2, 0) is 11.4 Å². The Morgan fingerprint density at radius 1 is 1.16 bits per heavy atom.